The lowest BCUT2D eigenvalue weighted by Gasteiger charge is -2.21. The van der Waals surface area contributed by atoms with Crippen LogP contribution in [0.15, 0.2) is 35.7 Å². The van der Waals surface area contributed by atoms with Gasteiger partial charge in [0.05, 0.1) is 11.1 Å². The van der Waals surface area contributed by atoms with Crippen molar-refractivity contribution in [3.8, 4) is 5.75 Å². The molecular formula is C16H17Cl2NO2S. The molecule has 0 radical (unpaired) electrons. The van der Waals surface area contributed by atoms with Crippen LogP contribution in [-0.2, 0) is 4.79 Å². The van der Waals surface area contributed by atoms with Gasteiger partial charge in [-0.05, 0) is 35.6 Å². The Labute approximate surface area is 144 Å². The Balaban J connectivity index is 1.94. The van der Waals surface area contributed by atoms with Crippen LogP contribution in [0.3, 0.4) is 0 Å². The number of hydrogen-bond donors (Lipinski definition) is 1. The molecule has 118 valence electrons. The number of halogens is 2. The third-order valence-electron chi connectivity index (χ3n) is 3.09. The molecule has 0 saturated carbocycles. The number of thiophene rings is 1. The first-order valence-electron chi connectivity index (χ1n) is 6.88. The van der Waals surface area contributed by atoms with Gasteiger partial charge in [0.25, 0.3) is 5.91 Å². The zero-order valence-corrected chi connectivity index (χ0v) is 14.6. The summed E-state index contributed by atoms with van der Waals surface area (Å²) in [5.74, 6) is 0.554. The molecule has 0 aliphatic rings. The molecule has 6 heteroatoms. The molecule has 0 bridgehead atoms. The molecule has 2 rings (SSSR count). The van der Waals surface area contributed by atoms with Gasteiger partial charge in [-0.2, -0.15) is 0 Å². The molecule has 0 unspecified atom stereocenters. The van der Waals surface area contributed by atoms with Gasteiger partial charge in [-0.1, -0.05) is 43.1 Å². The standard InChI is InChI=1S/C16H17Cl2NO2S/c1-10(2)16(14-4-3-7-22-14)19-15(20)9-21-13-6-5-11(17)8-12(13)18/h3-8,10,16H,9H2,1-2H3,(H,19,20)/t16-/m0/s1. The van der Waals surface area contributed by atoms with Crippen LogP contribution in [0.4, 0.5) is 0 Å². The number of carbonyl (C=O) groups excluding carboxylic acids is 1. The summed E-state index contributed by atoms with van der Waals surface area (Å²) in [6.07, 6.45) is 0. The summed E-state index contributed by atoms with van der Waals surface area (Å²) in [4.78, 5) is 13.2. The molecule has 0 fully saturated rings. The summed E-state index contributed by atoms with van der Waals surface area (Å²) in [6.45, 7) is 4.05. The van der Waals surface area contributed by atoms with Gasteiger partial charge >= 0.3 is 0 Å². The van der Waals surface area contributed by atoms with Crippen LogP contribution in [0.25, 0.3) is 0 Å². The fourth-order valence-electron chi connectivity index (χ4n) is 1.99. The van der Waals surface area contributed by atoms with Gasteiger partial charge in [0.1, 0.15) is 5.75 Å². The van der Waals surface area contributed by atoms with Gasteiger partial charge in [-0.3, -0.25) is 4.79 Å². The number of hydrogen-bond acceptors (Lipinski definition) is 3. The predicted molar refractivity (Wildman–Crippen MR) is 92.0 cm³/mol. The van der Waals surface area contributed by atoms with Gasteiger partial charge in [0, 0.05) is 9.90 Å². The summed E-state index contributed by atoms with van der Waals surface area (Å²) in [6, 6.07) is 8.88. The lowest BCUT2D eigenvalue weighted by molar-refractivity contribution is -0.124. The van der Waals surface area contributed by atoms with Crippen LogP contribution < -0.4 is 10.1 Å². The molecule has 3 nitrogen and oxygen atoms in total. The van der Waals surface area contributed by atoms with Crippen molar-refractivity contribution < 1.29 is 9.53 Å². The topological polar surface area (TPSA) is 38.3 Å². The van der Waals surface area contributed by atoms with E-state index in [0.29, 0.717) is 21.7 Å². The molecule has 2 aromatic rings. The smallest absolute Gasteiger partial charge is 0.258 e. The van der Waals surface area contributed by atoms with E-state index in [-0.39, 0.29) is 18.6 Å². The second kappa shape index (κ2) is 7.86. The van der Waals surface area contributed by atoms with Gasteiger partial charge in [0.15, 0.2) is 6.61 Å². The molecule has 1 heterocycles. The van der Waals surface area contributed by atoms with E-state index in [4.69, 9.17) is 27.9 Å². The van der Waals surface area contributed by atoms with E-state index in [9.17, 15) is 4.79 Å². The first-order valence-corrected chi connectivity index (χ1v) is 8.51. The first-order chi connectivity index (χ1) is 10.5. The highest BCUT2D eigenvalue weighted by molar-refractivity contribution is 7.10. The third kappa shape index (κ3) is 4.63. The van der Waals surface area contributed by atoms with Crippen molar-refractivity contribution in [2.45, 2.75) is 19.9 Å². The Hall–Kier alpha value is -1.23. The van der Waals surface area contributed by atoms with Crippen molar-refractivity contribution in [2.75, 3.05) is 6.61 Å². The first kappa shape index (κ1) is 17.1. The molecule has 1 aromatic heterocycles. The summed E-state index contributed by atoms with van der Waals surface area (Å²) in [5, 5.41) is 5.91. The summed E-state index contributed by atoms with van der Waals surface area (Å²) >= 11 is 13.5. The highest BCUT2D eigenvalue weighted by atomic mass is 35.5. The quantitative estimate of drug-likeness (QED) is 0.794. The fourth-order valence-corrected chi connectivity index (χ4v) is 3.40. The molecule has 1 atom stereocenters. The van der Waals surface area contributed by atoms with Gasteiger partial charge in [0.2, 0.25) is 0 Å². The van der Waals surface area contributed by atoms with Gasteiger partial charge in [-0.25, -0.2) is 0 Å². The van der Waals surface area contributed by atoms with Crippen molar-refractivity contribution in [3.63, 3.8) is 0 Å². The molecule has 0 spiro atoms. The Morgan fingerprint density at radius 2 is 2.09 bits per heavy atom. The predicted octanol–water partition coefficient (Wildman–Crippen LogP) is 4.95. The van der Waals surface area contributed by atoms with Crippen molar-refractivity contribution in [3.05, 3.63) is 50.6 Å². The van der Waals surface area contributed by atoms with Crippen molar-refractivity contribution in [1.82, 2.24) is 5.32 Å². The van der Waals surface area contributed by atoms with Crippen molar-refractivity contribution in [2.24, 2.45) is 5.92 Å². The number of ether oxygens (including phenoxy) is 1. The van der Waals surface area contributed by atoms with E-state index in [1.165, 1.54) is 0 Å². The fraction of sp³-hybridized carbons (Fsp3) is 0.312. The number of carbonyl (C=O) groups is 1. The third-order valence-corrected chi connectivity index (χ3v) is 4.57. The zero-order valence-electron chi connectivity index (χ0n) is 12.3. The molecule has 1 amide bonds. The maximum absolute atomic E-state index is 12.1. The number of benzene rings is 1. The van der Waals surface area contributed by atoms with Crippen LogP contribution in [0.2, 0.25) is 10.0 Å². The maximum atomic E-state index is 12.1. The average molecular weight is 358 g/mol. The minimum Gasteiger partial charge on any atom is -0.482 e. The number of amides is 1. The lowest BCUT2D eigenvalue weighted by atomic mass is 10.0. The van der Waals surface area contributed by atoms with E-state index in [0.717, 1.165) is 4.88 Å². The maximum Gasteiger partial charge on any atom is 0.258 e. The monoisotopic (exact) mass is 357 g/mol. The molecule has 0 saturated heterocycles. The summed E-state index contributed by atoms with van der Waals surface area (Å²) in [7, 11) is 0. The molecule has 0 aliphatic heterocycles. The molecular weight excluding hydrogens is 341 g/mol. The average Bonchev–Trinajstić information content (AvgIpc) is 2.97. The Morgan fingerprint density at radius 3 is 2.68 bits per heavy atom. The minimum atomic E-state index is -0.182. The Bertz CT molecular complexity index is 629. The van der Waals surface area contributed by atoms with Gasteiger partial charge in [-0.15, -0.1) is 11.3 Å². The SMILES string of the molecule is CC(C)[C@H](NC(=O)COc1ccc(Cl)cc1Cl)c1cccs1. The van der Waals surface area contributed by atoms with Crippen LogP contribution in [0.5, 0.6) is 5.75 Å². The highest BCUT2D eigenvalue weighted by Crippen LogP contribution is 2.28. The van der Waals surface area contributed by atoms with E-state index in [1.807, 2.05) is 17.5 Å². The van der Waals surface area contributed by atoms with Crippen molar-refractivity contribution in [1.29, 1.82) is 0 Å². The molecule has 0 aliphatic carbocycles. The minimum absolute atomic E-state index is 0.0169. The Kier molecular flexibility index (Phi) is 6.12. The number of rotatable bonds is 6. The van der Waals surface area contributed by atoms with Crippen LogP contribution in [0, 0.1) is 5.92 Å². The van der Waals surface area contributed by atoms with Crippen LogP contribution in [-0.4, -0.2) is 12.5 Å². The molecule has 22 heavy (non-hydrogen) atoms. The van der Waals surface area contributed by atoms with E-state index in [1.54, 1.807) is 29.5 Å². The second-order valence-electron chi connectivity index (χ2n) is 5.17. The Morgan fingerprint density at radius 1 is 1.32 bits per heavy atom. The zero-order chi connectivity index (χ0) is 16.1. The largest absolute Gasteiger partial charge is 0.482 e. The lowest BCUT2D eigenvalue weighted by Crippen LogP contribution is -2.34. The number of nitrogens with one attached hydrogen (secondary N) is 1. The van der Waals surface area contributed by atoms with Crippen LogP contribution >= 0.6 is 34.5 Å². The second-order valence-corrected chi connectivity index (χ2v) is 6.99. The summed E-state index contributed by atoms with van der Waals surface area (Å²) in [5.41, 5.74) is 0. The van der Waals surface area contributed by atoms with Crippen molar-refractivity contribution >= 4 is 40.4 Å². The molecule has 1 N–H and O–H groups in total. The van der Waals surface area contributed by atoms with Gasteiger partial charge < -0.3 is 10.1 Å². The van der Waals surface area contributed by atoms with Crippen LogP contribution in [0.1, 0.15) is 24.8 Å². The highest BCUT2D eigenvalue weighted by Gasteiger charge is 2.19. The molecule has 1 aromatic carbocycles. The normalized spacial score (nSPS) is 12.2. The summed E-state index contributed by atoms with van der Waals surface area (Å²) < 4.78 is 5.45. The van der Waals surface area contributed by atoms with E-state index >= 15 is 0 Å². The van der Waals surface area contributed by atoms with E-state index < -0.39 is 0 Å². The van der Waals surface area contributed by atoms with E-state index in [2.05, 4.69) is 19.2 Å².